The molecule has 0 spiro atoms. The van der Waals surface area contributed by atoms with E-state index in [1.807, 2.05) is 0 Å². The summed E-state index contributed by atoms with van der Waals surface area (Å²) in [5.41, 5.74) is -1.14. The standard InChI is InChI=1S/C10H16O4/c1-14-9-2-4-10(5-3-9,8(12)13)7(11)6-9/h7,11H,2-6H2,1H3,(H,12,13)/t7-,9?,10?/m0/s1. The van der Waals surface area contributed by atoms with Gasteiger partial charge in [0.1, 0.15) is 0 Å². The fraction of sp³-hybridized carbons (Fsp3) is 0.900. The lowest BCUT2D eigenvalue weighted by atomic mass is 9.57. The molecule has 0 amide bonds. The highest BCUT2D eigenvalue weighted by Crippen LogP contribution is 2.53. The molecule has 4 heteroatoms. The summed E-state index contributed by atoms with van der Waals surface area (Å²) in [4.78, 5) is 11.1. The molecule has 3 rings (SSSR count). The monoisotopic (exact) mass is 200 g/mol. The first kappa shape index (κ1) is 9.93. The molecule has 1 atom stereocenters. The third kappa shape index (κ3) is 1.10. The Balaban J connectivity index is 2.25. The van der Waals surface area contributed by atoms with Crippen LogP contribution in [0.25, 0.3) is 0 Å². The van der Waals surface area contributed by atoms with Crippen LogP contribution in [0.3, 0.4) is 0 Å². The smallest absolute Gasteiger partial charge is 0.312 e. The first-order valence-electron chi connectivity index (χ1n) is 5.01. The number of hydrogen-bond donors (Lipinski definition) is 2. The molecule has 3 aliphatic carbocycles. The normalized spacial score (nSPS) is 46.6. The van der Waals surface area contributed by atoms with Crippen LogP contribution >= 0.6 is 0 Å². The van der Waals surface area contributed by atoms with Gasteiger partial charge in [0.2, 0.25) is 0 Å². The summed E-state index contributed by atoms with van der Waals surface area (Å²) in [6.07, 6.45) is 2.31. The molecular formula is C10H16O4. The van der Waals surface area contributed by atoms with Gasteiger partial charge in [-0.15, -0.1) is 0 Å². The highest BCUT2D eigenvalue weighted by Gasteiger charge is 2.58. The van der Waals surface area contributed by atoms with Crippen LogP contribution in [0.5, 0.6) is 0 Å². The van der Waals surface area contributed by atoms with E-state index in [9.17, 15) is 9.90 Å². The number of carboxylic acids is 1. The van der Waals surface area contributed by atoms with Crippen LogP contribution in [0, 0.1) is 5.41 Å². The van der Waals surface area contributed by atoms with E-state index in [-0.39, 0.29) is 5.60 Å². The van der Waals surface area contributed by atoms with Crippen LogP contribution in [0.15, 0.2) is 0 Å². The zero-order valence-electron chi connectivity index (χ0n) is 8.32. The average Bonchev–Trinajstić information content (AvgIpc) is 2.19. The van der Waals surface area contributed by atoms with Crippen molar-refractivity contribution in [1.82, 2.24) is 0 Å². The summed E-state index contributed by atoms with van der Waals surface area (Å²) in [5.74, 6) is -0.852. The Kier molecular flexibility index (Phi) is 2.08. The number of aliphatic hydroxyl groups excluding tert-OH is 1. The maximum Gasteiger partial charge on any atom is 0.312 e. The molecule has 80 valence electrons. The topological polar surface area (TPSA) is 66.8 Å². The van der Waals surface area contributed by atoms with Gasteiger partial charge in [-0.1, -0.05) is 0 Å². The average molecular weight is 200 g/mol. The third-order valence-electron chi connectivity index (χ3n) is 4.12. The van der Waals surface area contributed by atoms with Crippen LogP contribution in [0.2, 0.25) is 0 Å². The van der Waals surface area contributed by atoms with Gasteiger partial charge in [-0.2, -0.15) is 0 Å². The number of methoxy groups -OCH3 is 1. The maximum atomic E-state index is 11.1. The minimum absolute atomic E-state index is 0.253. The second-order valence-electron chi connectivity index (χ2n) is 4.57. The second kappa shape index (κ2) is 2.94. The summed E-state index contributed by atoms with van der Waals surface area (Å²) >= 11 is 0. The predicted molar refractivity (Wildman–Crippen MR) is 48.9 cm³/mol. The summed E-state index contributed by atoms with van der Waals surface area (Å²) < 4.78 is 5.41. The largest absolute Gasteiger partial charge is 0.481 e. The Labute approximate surface area is 82.9 Å². The number of rotatable bonds is 2. The molecule has 4 nitrogen and oxygen atoms in total. The lowest BCUT2D eigenvalue weighted by Gasteiger charge is -2.53. The molecule has 2 N–H and O–H groups in total. The van der Waals surface area contributed by atoms with E-state index in [1.165, 1.54) is 0 Å². The van der Waals surface area contributed by atoms with Gasteiger partial charge in [0.25, 0.3) is 0 Å². The molecule has 0 heterocycles. The van der Waals surface area contributed by atoms with Crippen LogP contribution in [0.4, 0.5) is 0 Å². The number of aliphatic carboxylic acids is 1. The van der Waals surface area contributed by atoms with Crippen molar-refractivity contribution in [2.24, 2.45) is 5.41 Å². The maximum absolute atomic E-state index is 11.1. The summed E-state index contributed by atoms with van der Waals surface area (Å²) in [5, 5.41) is 19.0. The Bertz CT molecular complexity index is 253. The minimum Gasteiger partial charge on any atom is -0.481 e. The van der Waals surface area contributed by atoms with Crippen LogP contribution in [0.1, 0.15) is 32.1 Å². The molecule has 3 fully saturated rings. The van der Waals surface area contributed by atoms with Crippen molar-refractivity contribution in [3.05, 3.63) is 0 Å². The number of aliphatic hydroxyl groups is 1. The van der Waals surface area contributed by atoms with E-state index < -0.39 is 17.5 Å². The van der Waals surface area contributed by atoms with Crippen molar-refractivity contribution in [1.29, 1.82) is 0 Å². The SMILES string of the molecule is COC12CCC(C(=O)O)(CC1)[C@@H](O)C2. The summed E-state index contributed by atoms with van der Waals surface area (Å²) in [6, 6.07) is 0. The van der Waals surface area contributed by atoms with Gasteiger partial charge in [0.15, 0.2) is 0 Å². The number of ether oxygens (including phenoxy) is 1. The van der Waals surface area contributed by atoms with E-state index >= 15 is 0 Å². The third-order valence-corrected chi connectivity index (χ3v) is 4.12. The quantitative estimate of drug-likeness (QED) is 0.691. The molecule has 0 aromatic rings. The first-order chi connectivity index (χ1) is 6.55. The van der Waals surface area contributed by atoms with Crippen LogP contribution < -0.4 is 0 Å². The fourth-order valence-electron chi connectivity index (χ4n) is 2.88. The van der Waals surface area contributed by atoms with Crippen molar-refractivity contribution in [3.8, 4) is 0 Å². The molecule has 0 aromatic heterocycles. The molecule has 3 aliphatic rings. The van der Waals surface area contributed by atoms with Gasteiger partial charge in [-0.25, -0.2) is 0 Å². The Morgan fingerprint density at radius 1 is 1.36 bits per heavy atom. The summed E-state index contributed by atoms with van der Waals surface area (Å²) in [7, 11) is 1.64. The van der Waals surface area contributed by atoms with E-state index in [2.05, 4.69) is 0 Å². The number of carbonyl (C=O) groups is 1. The van der Waals surface area contributed by atoms with Gasteiger partial charge in [-0.3, -0.25) is 4.79 Å². The molecule has 0 aromatic carbocycles. The first-order valence-corrected chi connectivity index (χ1v) is 5.01. The molecule has 2 bridgehead atoms. The van der Waals surface area contributed by atoms with Crippen LogP contribution in [-0.2, 0) is 9.53 Å². The number of fused-ring (bicyclic) bond motifs is 3. The number of carboxylic acid groups (broad SMARTS) is 1. The molecule has 0 radical (unpaired) electrons. The lowest BCUT2D eigenvalue weighted by molar-refractivity contribution is -0.196. The minimum atomic E-state index is -0.889. The predicted octanol–water partition coefficient (Wildman–Crippen LogP) is 0.781. The molecule has 0 aliphatic heterocycles. The zero-order valence-corrected chi connectivity index (χ0v) is 8.32. The van der Waals surface area contributed by atoms with Crippen molar-refractivity contribution in [2.45, 2.75) is 43.8 Å². The number of hydrogen-bond acceptors (Lipinski definition) is 3. The molecule has 14 heavy (non-hydrogen) atoms. The van der Waals surface area contributed by atoms with Crippen LogP contribution in [-0.4, -0.2) is 35.0 Å². The Hall–Kier alpha value is -0.610. The molecule has 0 saturated heterocycles. The van der Waals surface area contributed by atoms with Gasteiger partial charge >= 0.3 is 5.97 Å². The van der Waals surface area contributed by atoms with Gasteiger partial charge < -0.3 is 14.9 Å². The Morgan fingerprint density at radius 2 is 1.93 bits per heavy atom. The second-order valence-corrected chi connectivity index (χ2v) is 4.57. The molecular weight excluding hydrogens is 184 g/mol. The fourth-order valence-corrected chi connectivity index (χ4v) is 2.88. The zero-order chi connectivity index (χ0) is 10.4. The lowest BCUT2D eigenvalue weighted by Crippen LogP contribution is -2.58. The summed E-state index contributed by atoms with van der Waals surface area (Å²) in [6.45, 7) is 0. The van der Waals surface area contributed by atoms with E-state index in [1.54, 1.807) is 7.11 Å². The highest BCUT2D eigenvalue weighted by molar-refractivity contribution is 5.76. The van der Waals surface area contributed by atoms with Crippen molar-refractivity contribution >= 4 is 5.97 Å². The van der Waals surface area contributed by atoms with Gasteiger partial charge in [0, 0.05) is 13.5 Å². The van der Waals surface area contributed by atoms with Crippen molar-refractivity contribution in [3.63, 3.8) is 0 Å². The molecule has 3 saturated carbocycles. The van der Waals surface area contributed by atoms with Crippen molar-refractivity contribution in [2.75, 3.05) is 7.11 Å². The van der Waals surface area contributed by atoms with Gasteiger partial charge in [0.05, 0.1) is 17.1 Å². The van der Waals surface area contributed by atoms with E-state index in [4.69, 9.17) is 9.84 Å². The van der Waals surface area contributed by atoms with Crippen molar-refractivity contribution < 1.29 is 19.7 Å². The Morgan fingerprint density at radius 3 is 2.29 bits per heavy atom. The highest BCUT2D eigenvalue weighted by atomic mass is 16.5. The van der Waals surface area contributed by atoms with E-state index in [0.717, 1.165) is 12.8 Å². The van der Waals surface area contributed by atoms with E-state index in [0.29, 0.717) is 19.3 Å². The molecule has 0 unspecified atom stereocenters. The van der Waals surface area contributed by atoms with Gasteiger partial charge in [-0.05, 0) is 25.7 Å².